The number of rotatable bonds is 1. The van der Waals surface area contributed by atoms with Crippen LogP contribution in [0.2, 0.25) is 0 Å². The Morgan fingerprint density at radius 3 is 1.57 bits per heavy atom. The molecule has 2 aromatic carbocycles. The number of hydrogen-bond acceptors (Lipinski definition) is 4. The van der Waals surface area contributed by atoms with Crippen molar-refractivity contribution in [1.82, 2.24) is 0 Å². The van der Waals surface area contributed by atoms with Gasteiger partial charge in [0.15, 0.2) is 0 Å². The van der Waals surface area contributed by atoms with E-state index in [4.69, 9.17) is 4.74 Å². The molecule has 170 valence electrons. The van der Waals surface area contributed by atoms with E-state index in [-0.39, 0.29) is 22.3 Å². The minimum atomic E-state index is -0.153. The van der Waals surface area contributed by atoms with Crippen molar-refractivity contribution in [2.75, 3.05) is 7.11 Å². The van der Waals surface area contributed by atoms with Crippen LogP contribution in [0.5, 0.6) is 23.0 Å². The first kappa shape index (κ1) is 27.6. The van der Waals surface area contributed by atoms with Crippen molar-refractivity contribution in [2.45, 2.75) is 87.0 Å². The van der Waals surface area contributed by atoms with Crippen LogP contribution < -0.4 is 4.74 Å². The summed E-state index contributed by atoms with van der Waals surface area (Å²) in [6, 6.07) is 5.27. The Balaban J connectivity index is 0.000000518. The van der Waals surface area contributed by atoms with E-state index in [9.17, 15) is 15.3 Å². The highest BCUT2D eigenvalue weighted by Crippen LogP contribution is 2.39. The van der Waals surface area contributed by atoms with E-state index in [1.54, 1.807) is 26.2 Å². The number of hydrogen-bond donors (Lipinski definition) is 3. The summed E-state index contributed by atoms with van der Waals surface area (Å²) in [6.45, 7) is 21.8. The van der Waals surface area contributed by atoms with Crippen molar-refractivity contribution in [3.63, 3.8) is 0 Å². The molecule has 0 bridgehead atoms. The van der Waals surface area contributed by atoms with E-state index in [0.29, 0.717) is 11.3 Å². The monoisotopic (exact) mass is 418 g/mol. The predicted molar refractivity (Wildman–Crippen MR) is 127 cm³/mol. The summed E-state index contributed by atoms with van der Waals surface area (Å²) in [5.41, 5.74) is 3.96. The molecule has 0 atom stereocenters. The van der Waals surface area contributed by atoms with Gasteiger partial charge in [-0.2, -0.15) is 0 Å². The van der Waals surface area contributed by atoms with Gasteiger partial charge in [-0.15, -0.1) is 0 Å². The zero-order valence-corrected chi connectivity index (χ0v) is 21.0. The van der Waals surface area contributed by atoms with Crippen LogP contribution >= 0.6 is 0 Å². The Morgan fingerprint density at radius 2 is 1.17 bits per heavy atom. The number of aryl methyl sites for hydroxylation is 2. The Bertz CT molecular complexity index is 838. The Morgan fingerprint density at radius 1 is 0.700 bits per heavy atom. The van der Waals surface area contributed by atoms with E-state index in [1.165, 1.54) is 0 Å². The number of aromatic hydroxyl groups is 3. The highest BCUT2D eigenvalue weighted by atomic mass is 16.5. The van der Waals surface area contributed by atoms with Crippen molar-refractivity contribution >= 4 is 0 Å². The fraction of sp³-hybridized carbons (Fsp3) is 0.538. The lowest BCUT2D eigenvalue weighted by Gasteiger charge is -2.24. The Hall–Kier alpha value is -2.36. The van der Waals surface area contributed by atoms with Crippen LogP contribution in [0.4, 0.5) is 0 Å². The first-order valence-electron chi connectivity index (χ1n) is 10.5. The van der Waals surface area contributed by atoms with Crippen molar-refractivity contribution < 1.29 is 20.1 Å². The second-order valence-corrected chi connectivity index (χ2v) is 9.40. The van der Waals surface area contributed by atoms with Crippen LogP contribution in [0.25, 0.3) is 0 Å². The molecule has 0 heterocycles. The van der Waals surface area contributed by atoms with E-state index in [2.05, 4.69) is 20.8 Å². The first-order valence-corrected chi connectivity index (χ1v) is 10.5. The van der Waals surface area contributed by atoms with Gasteiger partial charge in [-0.1, -0.05) is 55.4 Å². The number of phenols is 3. The maximum absolute atomic E-state index is 9.82. The lowest BCUT2D eigenvalue weighted by Crippen LogP contribution is -2.13. The molecule has 2 aromatic rings. The SMILES string of the molecule is CC.COc1cc(C(C)(C)C)c(O)cc1C.Cc1cc(O)c(C(C)(C)C)c(C)c1O. The van der Waals surface area contributed by atoms with Gasteiger partial charge in [-0.25, -0.2) is 0 Å². The van der Waals surface area contributed by atoms with Gasteiger partial charge in [0.25, 0.3) is 0 Å². The lowest BCUT2D eigenvalue weighted by molar-refractivity contribution is 0.402. The van der Waals surface area contributed by atoms with E-state index < -0.39 is 0 Å². The van der Waals surface area contributed by atoms with Crippen molar-refractivity contribution in [3.05, 3.63) is 46.0 Å². The summed E-state index contributed by atoms with van der Waals surface area (Å²) >= 11 is 0. The van der Waals surface area contributed by atoms with Gasteiger partial charge < -0.3 is 20.1 Å². The molecule has 4 nitrogen and oxygen atoms in total. The average Bonchev–Trinajstić information content (AvgIpc) is 2.60. The first-order chi connectivity index (χ1) is 13.6. The third-order valence-corrected chi connectivity index (χ3v) is 4.78. The molecule has 4 heteroatoms. The highest BCUT2D eigenvalue weighted by Gasteiger charge is 2.23. The molecule has 0 unspecified atom stereocenters. The zero-order valence-electron chi connectivity index (χ0n) is 21.0. The second kappa shape index (κ2) is 10.6. The topological polar surface area (TPSA) is 69.9 Å². The van der Waals surface area contributed by atoms with E-state index in [0.717, 1.165) is 28.0 Å². The fourth-order valence-electron chi connectivity index (χ4n) is 3.39. The molecule has 0 amide bonds. The summed E-state index contributed by atoms with van der Waals surface area (Å²) in [6.07, 6.45) is 0. The van der Waals surface area contributed by atoms with Crippen molar-refractivity contribution in [3.8, 4) is 23.0 Å². The molecule has 0 fully saturated rings. The molecule has 0 saturated carbocycles. The summed E-state index contributed by atoms with van der Waals surface area (Å²) < 4.78 is 5.22. The maximum atomic E-state index is 9.82. The number of phenolic OH excluding ortho intramolecular Hbond substituents is 3. The molecular weight excluding hydrogens is 376 g/mol. The highest BCUT2D eigenvalue weighted by molar-refractivity contribution is 5.54. The van der Waals surface area contributed by atoms with Crippen LogP contribution in [-0.4, -0.2) is 22.4 Å². The van der Waals surface area contributed by atoms with Gasteiger partial charge >= 0.3 is 0 Å². The molecule has 2 rings (SSSR count). The summed E-state index contributed by atoms with van der Waals surface area (Å²) in [4.78, 5) is 0. The van der Waals surface area contributed by atoms with Gasteiger partial charge in [0.2, 0.25) is 0 Å². The lowest BCUT2D eigenvalue weighted by atomic mass is 9.82. The molecule has 0 aliphatic carbocycles. The van der Waals surface area contributed by atoms with Crippen LogP contribution in [-0.2, 0) is 10.8 Å². The van der Waals surface area contributed by atoms with Gasteiger partial charge in [0.1, 0.15) is 23.0 Å². The van der Waals surface area contributed by atoms with Gasteiger partial charge in [0, 0.05) is 11.1 Å². The molecular formula is C26H42O4. The Labute approximate surface area is 183 Å². The quantitative estimate of drug-likeness (QED) is 0.434. The summed E-state index contributed by atoms with van der Waals surface area (Å²) in [5.74, 6) is 1.72. The van der Waals surface area contributed by atoms with Crippen LogP contribution in [0.1, 0.15) is 83.2 Å². The molecule has 3 N–H and O–H groups in total. The summed E-state index contributed by atoms with van der Waals surface area (Å²) in [5, 5.41) is 29.4. The second-order valence-electron chi connectivity index (χ2n) is 9.40. The van der Waals surface area contributed by atoms with Crippen molar-refractivity contribution in [2.24, 2.45) is 0 Å². The smallest absolute Gasteiger partial charge is 0.122 e. The van der Waals surface area contributed by atoms with Gasteiger partial charge in [-0.3, -0.25) is 0 Å². The molecule has 0 radical (unpaired) electrons. The summed E-state index contributed by atoms with van der Waals surface area (Å²) in [7, 11) is 1.64. The number of methoxy groups -OCH3 is 1. The van der Waals surface area contributed by atoms with Crippen LogP contribution in [0.3, 0.4) is 0 Å². The Kier molecular flexibility index (Phi) is 9.77. The minimum Gasteiger partial charge on any atom is -0.508 e. The van der Waals surface area contributed by atoms with Crippen LogP contribution in [0, 0.1) is 20.8 Å². The molecule has 0 aromatic heterocycles. The molecule has 0 saturated heterocycles. The van der Waals surface area contributed by atoms with Crippen LogP contribution in [0.15, 0.2) is 18.2 Å². The fourth-order valence-corrected chi connectivity index (χ4v) is 3.39. The molecule has 0 aliphatic heterocycles. The normalized spacial score (nSPS) is 11.1. The number of ether oxygens (including phenoxy) is 1. The third-order valence-electron chi connectivity index (χ3n) is 4.78. The van der Waals surface area contributed by atoms with Crippen molar-refractivity contribution in [1.29, 1.82) is 0 Å². The number of benzene rings is 2. The van der Waals surface area contributed by atoms with E-state index in [1.807, 2.05) is 54.5 Å². The van der Waals surface area contributed by atoms with E-state index >= 15 is 0 Å². The predicted octanol–water partition coefficient (Wildman–Crippen LogP) is 7.05. The third kappa shape index (κ3) is 6.86. The largest absolute Gasteiger partial charge is 0.508 e. The molecule has 0 aliphatic rings. The molecule has 30 heavy (non-hydrogen) atoms. The standard InChI is InChI=1S/2C12H18O2.C2H6/c1-8-6-10(13)9(12(2,3)4)7-11(8)14-5;1-7-6-9(13)10(12(3,4)5)8(2)11(7)14;1-2/h6-7,13H,1-5H3;6,13-14H,1-5H3;1-2H3. The average molecular weight is 419 g/mol. The van der Waals surface area contributed by atoms with Gasteiger partial charge in [0.05, 0.1) is 7.11 Å². The van der Waals surface area contributed by atoms with Gasteiger partial charge in [-0.05, 0) is 66.5 Å². The maximum Gasteiger partial charge on any atom is 0.122 e. The molecule has 0 spiro atoms. The minimum absolute atomic E-state index is 0.0644. The zero-order chi connectivity index (χ0) is 24.0.